The molecule has 0 spiro atoms. The largest absolute Gasteiger partial charge is 0.455 e. The number of rotatable bonds is 3. The Kier molecular flexibility index (Phi) is 5.05. The second-order valence-electron chi connectivity index (χ2n) is 13.2. The van der Waals surface area contributed by atoms with Gasteiger partial charge < -0.3 is 4.42 Å². The molecule has 0 saturated heterocycles. The molecule has 0 bridgehead atoms. The van der Waals surface area contributed by atoms with Crippen LogP contribution in [-0.2, 0) is 0 Å². The second kappa shape index (κ2) is 10.9. The summed E-state index contributed by atoms with van der Waals surface area (Å²) < 4.78 is 49.9. The fraction of sp³-hybridized carbons (Fsp3) is 0. The Balaban J connectivity index is 1.29. The Hall–Kier alpha value is -6.70. The lowest BCUT2D eigenvalue weighted by atomic mass is 9.83. The molecule has 0 fully saturated rings. The van der Waals surface area contributed by atoms with Gasteiger partial charge in [0.1, 0.15) is 11.2 Å². The predicted octanol–water partition coefficient (Wildman–Crippen LogP) is 14.4. The summed E-state index contributed by atoms with van der Waals surface area (Å²) in [5.41, 5.74) is 6.01. The molecule has 0 N–H and O–H groups in total. The highest BCUT2D eigenvalue weighted by Gasteiger charge is 2.23. The van der Waals surface area contributed by atoms with E-state index in [9.17, 15) is 0 Å². The van der Waals surface area contributed by atoms with E-state index in [0.29, 0.717) is 16.7 Å². The summed E-state index contributed by atoms with van der Waals surface area (Å²) in [5, 5.41) is 13.0. The number of furan rings is 1. The van der Waals surface area contributed by atoms with E-state index in [1.54, 1.807) is 0 Å². The highest BCUT2D eigenvalue weighted by atomic mass is 16.3. The lowest BCUT2D eigenvalue weighted by molar-refractivity contribution is 0.670. The van der Waals surface area contributed by atoms with Gasteiger partial charge in [-0.25, -0.2) is 0 Å². The van der Waals surface area contributed by atoms with Crippen LogP contribution in [0.4, 0.5) is 0 Å². The molecule has 1 aromatic heterocycles. The van der Waals surface area contributed by atoms with Crippen molar-refractivity contribution in [3.05, 3.63) is 182 Å². The topological polar surface area (TPSA) is 13.1 Å². The van der Waals surface area contributed by atoms with Crippen LogP contribution in [-0.4, -0.2) is 0 Å². The fourth-order valence-corrected chi connectivity index (χ4v) is 8.32. The van der Waals surface area contributed by atoms with Gasteiger partial charge in [0.05, 0.1) is 6.85 Å². The van der Waals surface area contributed by atoms with Gasteiger partial charge in [-0.05, 0) is 99.9 Å². The standard InChI is InChI=1S/C50H30O/c1-2-13-31(14-3-1)36-27-28-44(49-45-29-33-16-4-5-17-34(33)30-46(45)51-50(36)49)48-42-21-10-8-19-40(42)47(41-20-9-11-22-43(41)48)39-24-12-23-37-35-18-7-6-15-32(35)25-26-38(37)39/h1-30H/i1D,2D,3D,13D,14D. The molecular formula is C50H30O. The van der Waals surface area contributed by atoms with Crippen LogP contribution >= 0.6 is 0 Å². The Bertz CT molecular complexity index is 3400. The van der Waals surface area contributed by atoms with E-state index in [2.05, 4.69) is 121 Å². The van der Waals surface area contributed by atoms with Crippen LogP contribution in [0.25, 0.3) is 109 Å². The zero-order chi connectivity index (χ0) is 37.8. The van der Waals surface area contributed by atoms with Crippen LogP contribution in [0.1, 0.15) is 6.85 Å². The number of benzene rings is 10. The third-order valence-electron chi connectivity index (χ3n) is 10.5. The van der Waals surface area contributed by atoms with Crippen molar-refractivity contribution < 1.29 is 11.3 Å². The molecule has 1 nitrogen and oxygen atoms in total. The number of fused-ring (bicyclic) bond motifs is 9. The molecule has 0 amide bonds. The van der Waals surface area contributed by atoms with Crippen molar-refractivity contribution in [3.8, 4) is 33.4 Å². The lowest BCUT2D eigenvalue weighted by Gasteiger charge is -2.20. The summed E-state index contributed by atoms with van der Waals surface area (Å²) in [5.74, 6) is 0. The van der Waals surface area contributed by atoms with Crippen LogP contribution < -0.4 is 0 Å². The first-order valence-electron chi connectivity index (χ1n) is 19.7. The minimum Gasteiger partial charge on any atom is -0.455 e. The lowest BCUT2D eigenvalue weighted by Crippen LogP contribution is -1.92. The van der Waals surface area contributed by atoms with Gasteiger partial charge in [-0.3, -0.25) is 0 Å². The molecule has 1 heterocycles. The highest BCUT2D eigenvalue weighted by Crippen LogP contribution is 2.50. The Morgan fingerprint density at radius 2 is 0.941 bits per heavy atom. The van der Waals surface area contributed by atoms with Crippen molar-refractivity contribution in [3.63, 3.8) is 0 Å². The number of hydrogen-bond donors (Lipinski definition) is 0. The monoisotopic (exact) mass is 651 g/mol. The first-order valence-corrected chi connectivity index (χ1v) is 17.2. The van der Waals surface area contributed by atoms with Gasteiger partial charge in [0.15, 0.2) is 0 Å². The molecule has 0 aliphatic rings. The molecule has 1 heteroatoms. The Morgan fingerprint density at radius 3 is 1.65 bits per heavy atom. The maximum absolute atomic E-state index is 8.93. The van der Waals surface area contributed by atoms with Gasteiger partial charge in [0, 0.05) is 16.3 Å². The van der Waals surface area contributed by atoms with Crippen molar-refractivity contribution in [2.75, 3.05) is 0 Å². The van der Waals surface area contributed by atoms with Crippen LogP contribution in [0.2, 0.25) is 0 Å². The van der Waals surface area contributed by atoms with Crippen molar-refractivity contribution in [2.45, 2.75) is 0 Å². The average Bonchev–Trinajstić information content (AvgIpc) is 3.62. The summed E-state index contributed by atoms with van der Waals surface area (Å²) in [6.45, 7) is 0. The Labute approximate surface area is 301 Å². The molecule has 0 saturated carbocycles. The van der Waals surface area contributed by atoms with Crippen molar-refractivity contribution in [1.82, 2.24) is 0 Å². The normalized spacial score (nSPS) is 13.3. The van der Waals surface area contributed by atoms with E-state index < -0.39 is 6.04 Å². The van der Waals surface area contributed by atoms with Gasteiger partial charge in [-0.15, -0.1) is 0 Å². The van der Waals surface area contributed by atoms with Crippen molar-refractivity contribution in [2.24, 2.45) is 0 Å². The van der Waals surface area contributed by atoms with Crippen LogP contribution in [0.15, 0.2) is 186 Å². The van der Waals surface area contributed by atoms with E-state index in [1.165, 1.54) is 21.5 Å². The highest BCUT2D eigenvalue weighted by molar-refractivity contribution is 6.28. The van der Waals surface area contributed by atoms with Crippen LogP contribution in [0.3, 0.4) is 0 Å². The maximum Gasteiger partial charge on any atom is 0.143 e. The molecule has 0 atom stereocenters. The molecule has 0 unspecified atom stereocenters. The van der Waals surface area contributed by atoms with Gasteiger partial charge in [0.2, 0.25) is 0 Å². The van der Waals surface area contributed by atoms with Crippen LogP contribution in [0.5, 0.6) is 0 Å². The van der Waals surface area contributed by atoms with E-state index in [-0.39, 0.29) is 29.7 Å². The van der Waals surface area contributed by atoms with E-state index in [4.69, 9.17) is 11.3 Å². The minimum absolute atomic E-state index is 0.115. The minimum atomic E-state index is -0.426. The molecule has 0 radical (unpaired) electrons. The Morgan fingerprint density at radius 1 is 0.373 bits per heavy atom. The zero-order valence-corrected chi connectivity index (χ0v) is 27.3. The van der Waals surface area contributed by atoms with Crippen molar-refractivity contribution in [1.29, 1.82) is 0 Å². The third kappa shape index (κ3) is 4.16. The first kappa shape index (κ1) is 23.6. The SMILES string of the molecule is [2H]c1c([2H])c([2H])c(-c2ccc(-c3c4ccccc4c(-c4cccc5c4ccc4ccccc45)c4ccccc34)c3c2oc2cc4ccccc4cc23)c([2H])c1[2H]. The molecule has 0 aliphatic heterocycles. The summed E-state index contributed by atoms with van der Waals surface area (Å²) in [6.07, 6.45) is 0. The second-order valence-corrected chi connectivity index (χ2v) is 13.2. The summed E-state index contributed by atoms with van der Waals surface area (Å²) in [7, 11) is 0. The van der Waals surface area contributed by atoms with E-state index >= 15 is 0 Å². The van der Waals surface area contributed by atoms with E-state index in [0.717, 1.165) is 65.3 Å². The maximum atomic E-state index is 8.93. The molecule has 236 valence electrons. The van der Waals surface area contributed by atoms with E-state index in [1.807, 2.05) is 30.3 Å². The molecule has 11 rings (SSSR count). The smallest absolute Gasteiger partial charge is 0.143 e. The average molecular weight is 652 g/mol. The van der Waals surface area contributed by atoms with Crippen LogP contribution in [0, 0.1) is 0 Å². The molecule has 0 aliphatic carbocycles. The molecule has 11 aromatic rings. The summed E-state index contributed by atoms with van der Waals surface area (Å²) >= 11 is 0. The predicted molar refractivity (Wildman–Crippen MR) is 218 cm³/mol. The zero-order valence-electron chi connectivity index (χ0n) is 32.3. The summed E-state index contributed by atoms with van der Waals surface area (Å²) in [6, 6.07) is 51.3. The fourth-order valence-electron chi connectivity index (χ4n) is 8.32. The van der Waals surface area contributed by atoms with Crippen molar-refractivity contribution >= 4 is 75.8 Å². The first-order chi connectivity index (χ1) is 27.4. The molecule has 10 aromatic carbocycles. The summed E-state index contributed by atoms with van der Waals surface area (Å²) in [4.78, 5) is 0. The van der Waals surface area contributed by atoms with Gasteiger partial charge in [0.25, 0.3) is 0 Å². The number of hydrogen-bond acceptors (Lipinski definition) is 1. The quantitative estimate of drug-likeness (QED) is 0.137. The third-order valence-corrected chi connectivity index (χ3v) is 10.5. The van der Waals surface area contributed by atoms with Gasteiger partial charge in [-0.1, -0.05) is 164 Å². The van der Waals surface area contributed by atoms with Gasteiger partial charge in [-0.2, -0.15) is 0 Å². The molecule has 51 heavy (non-hydrogen) atoms. The molecular weight excluding hydrogens is 617 g/mol. The van der Waals surface area contributed by atoms with Gasteiger partial charge >= 0.3 is 0 Å².